The van der Waals surface area contributed by atoms with Gasteiger partial charge in [-0.1, -0.05) is 23.7 Å². The van der Waals surface area contributed by atoms with E-state index < -0.39 is 10.0 Å². The minimum atomic E-state index is -3.50. The molecule has 7 heteroatoms. The summed E-state index contributed by atoms with van der Waals surface area (Å²) < 4.78 is 25.6. The van der Waals surface area contributed by atoms with Crippen LogP contribution in [0.4, 0.5) is 11.4 Å². The lowest BCUT2D eigenvalue weighted by atomic mass is 10.1. The Morgan fingerprint density at radius 1 is 1.04 bits per heavy atom. The molecule has 0 bridgehead atoms. The van der Waals surface area contributed by atoms with Crippen molar-refractivity contribution in [2.75, 3.05) is 22.4 Å². The van der Waals surface area contributed by atoms with E-state index in [1.807, 2.05) is 39.0 Å². The molecule has 0 radical (unpaired) electrons. The van der Waals surface area contributed by atoms with Crippen LogP contribution in [0.25, 0.3) is 0 Å². The molecule has 0 heterocycles. The maximum atomic E-state index is 12.3. The zero-order valence-corrected chi connectivity index (χ0v) is 16.9. The molecule has 0 aromatic heterocycles. The van der Waals surface area contributed by atoms with Gasteiger partial charge in [0.25, 0.3) is 0 Å². The van der Waals surface area contributed by atoms with Crippen molar-refractivity contribution in [1.82, 2.24) is 0 Å². The van der Waals surface area contributed by atoms with Crippen molar-refractivity contribution in [3.05, 3.63) is 58.1 Å². The van der Waals surface area contributed by atoms with Crippen LogP contribution in [0.1, 0.15) is 23.1 Å². The number of anilines is 2. The number of hydrogen-bond donors (Lipinski definition) is 1. The van der Waals surface area contributed by atoms with Gasteiger partial charge in [0.1, 0.15) is 0 Å². The largest absolute Gasteiger partial charge is 0.326 e. The van der Waals surface area contributed by atoms with Crippen molar-refractivity contribution in [1.29, 1.82) is 0 Å². The lowest BCUT2D eigenvalue weighted by Crippen LogP contribution is -2.33. The molecule has 0 saturated heterocycles. The molecule has 0 fully saturated rings. The third-order valence-electron chi connectivity index (χ3n) is 4.19. The van der Waals surface area contributed by atoms with Crippen LogP contribution in [-0.2, 0) is 14.8 Å². The van der Waals surface area contributed by atoms with E-state index in [1.165, 1.54) is 4.31 Å². The number of carbonyl (C=O) groups is 1. The summed E-state index contributed by atoms with van der Waals surface area (Å²) in [6.07, 6.45) is 1.17. The number of rotatable bonds is 6. The SMILES string of the molecule is Cc1ccc(N(CCC(=O)Nc2cc(Cl)ccc2C)S(C)(=O)=O)cc1C. The number of aryl methyl sites for hydroxylation is 3. The second-order valence-electron chi connectivity index (χ2n) is 6.36. The van der Waals surface area contributed by atoms with Crippen LogP contribution in [0, 0.1) is 20.8 Å². The first-order valence-electron chi connectivity index (χ1n) is 8.19. The van der Waals surface area contributed by atoms with Gasteiger partial charge in [-0.3, -0.25) is 9.10 Å². The van der Waals surface area contributed by atoms with Gasteiger partial charge in [0.05, 0.1) is 11.9 Å². The monoisotopic (exact) mass is 394 g/mol. The van der Waals surface area contributed by atoms with Crippen LogP contribution in [0.2, 0.25) is 5.02 Å². The summed E-state index contributed by atoms with van der Waals surface area (Å²) in [5.41, 5.74) is 4.14. The third-order valence-corrected chi connectivity index (χ3v) is 5.62. The zero-order valence-electron chi connectivity index (χ0n) is 15.3. The van der Waals surface area contributed by atoms with Crippen LogP contribution in [0.3, 0.4) is 0 Å². The Balaban J connectivity index is 2.13. The lowest BCUT2D eigenvalue weighted by molar-refractivity contribution is -0.116. The first kappa shape index (κ1) is 20.3. The van der Waals surface area contributed by atoms with Crippen LogP contribution in [0.15, 0.2) is 36.4 Å². The molecule has 0 atom stereocenters. The molecule has 1 amide bonds. The summed E-state index contributed by atoms with van der Waals surface area (Å²) in [4.78, 5) is 12.3. The summed E-state index contributed by atoms with van der Waals surface area (Å²) in [6.45, 7) is 5.81. The number of nitrogens with zero attached hydrogens (tertiary/aromatic N) is 1. The fraction of sp³-hybridized carbons (Fsp3) is 0.316. The maximum Gasteiger partial charge on any atom is 0.232 e. The van der Waals surface area contributed by atoms with Crippen molar-refractivity contribution in [3.63, 3.8) is 0 Å². The third kappa shape index (κ3) is 5.22. The molecule has 0 spiro atoms. The Bertz CT molecular complexity index is 926. The molecule has 0 unspecified atom stereocenters. The van der Waals surface area contributed by atoms with Crippen molar-refractivity contribution in [3.8, 4) is 0 Å². The Labute approximate surface area is 160 Å². The molecule has 0 aliphatic rings. The van der Waals surface area contributed by atoms with Crippen molar-refractivity contribution < 1.29 is 13.2 Å². The molecule has 0 aliphatic heterocycles. The van der Waals surface area contributed by atoms with E-state index in [9.17, 15) is 13.2 Å². The minimum absolute atomic E-state index is 0.0337. The molecule has 2 aromatic carbocycles. The molecule has 2 aromatic rings. The predicted octanol–water partition coefficient (Wildman–Crippen LogP) is 4.06. The molecule has 0 aliphatic carbocycles. The topological polar surface area (TPSA) is 66.5 Å². The van der Waals surface area contributed by atoms with Crippen LogP contribution in [0.5, 0.6) is 0 Å². The van der Waals surface area contributed by atoms with Gasteiger partial charge < -0.3 is 5.32 Å². The van der Waals surface area contributed by atoms with E-state index >= 15 is 0 Å². The van der Waals surface area contributed by atoms with Gasteiger partial charge in [0, 0.05) is 23.7 Å². The molecule has 1 N–H and O–H groups in total. The highest BCUT2D eigenvalue weighted by Gasteiger charge is 2.19. The highest BCUT2D eigenvalue weighted by molar-refractivity contribution is 7.92. The number of halogens is 1. The first-order chi connectivity index (χ1) is 12.1. The van der Waals surface area contributed by atoms with E-state index in [1.54, 1.807) is 18.2 Å². The van der Waals surface area contributed by atoms with Gasteiger partial charge in [0.15, 0.2) is 0 Å². The molecule has 0 saturated carbocycles. The highest BCUT2D eigenvalue weighted by Crippen LogP contribution is 2.23. The lowest BCUT2D eigenvalue weighted by Gasteiger charge is -2.23. The number of hydrogen-bond acceptors (Lipinski definition) is 3. The average molecular weight is 395 g/mol. The summed E-state index contributed by atoms with van der Waals surface area (Å²) in [7, 11) is -3.50. The van der Waals surface area contributed by atoms with E-state index in [0.717, 1.165) is 22.9 Å². The van der Waals surface area contributed by atoms with Crippen molar-refractivity contribution >= 4 is 38.9 Å². The van der Waals surface area contributed by atoms with Crippen LogP contribution in [-0.4, -0.2) is 27.1 Å². The Kier molecular flexibility index (Phi) is 6.31. The second kappa shape index (κ2) is 8.10. The number of nitrogens with one attached hydrogen (secondary N) is 1. The molecular formula is C19H23ClN2O3S. The predicted molar refractivity (Wildman–Crippen MR) is 108 cm³/mol. The summed E-state index contributed by atoms with van der Waals surface area (Å²) in [5, 5.41) is 3.31. The van der Waals surface area contributed by atoms with E-state index in [0.29, 0.717) is 16.4 Å². The van der Waals surface area contributed by atoms with Gasteiger partial charge in [-0.05, 0) is 61.7 Å². The molecule has 140 valence electrons. The number of amides is 1. The van der Waals surface area contributed by atoms with E-state index in [2.05, 4.69) is 5.32 Å². The van der Waals surface area contributed by atoms with Crippen LogP contribution < -0.4 is 9.62 Å². The summed E-state index contributed by atoms with van der Waals surface area (Å²) in [5.74, 6) is -0.271. The first-order valence-corrected chi connectivity index (χ1v) is 10.4. The van der Waals surface area contributed by atoms with E-state index in [-0.39, 0.29) is 18.9 Å². The fourth-order valence-corrected chi connectivity index (χ4v) is 3.60. The van der Waals surface area contributed by atoms with Gasteiger partial charge in [-0.2, -0.15) is 0 Å². The normalized spacial score (nSPS) is 11.3. The van der Waals surface area contributed by atoms with Crippen molar-refractivity contribution in [2.45, 2.75) is 27.2 Å². The standard InChI is InChI=1S/C19H23ClN2O3S/c1-13-6-8-17(11-15(13)3)22(26(4,24)25)10-9-19(23)21-18-12-16(20)7-5-14(18)2/h5-8,11-12H,9-10H2,1-4H3,(H,21,23). The van der Waals surface area contributed by atoms with Gasteiger partial charge in [-0.25, -0.2) is 8.42 Å². The quantitative estimate of drug-likeness (QED) is 0.803. The Morgan fingerprint density at radius 2 is 1.69 bits per heavy atom. The number of sulfonamides is 1. The average Bonchev–Trinajstić information content (AvgIpc) is 2.53. The van der Waals surface area contributed by atoms with E-state index in [4.69, 9.17) is 11.6 Å². The zero-order chi connectivity index (χ0) is 19.5. The van der Waals surface area contributed by atoms with Crippen molar-refractivity contribution in [2.24, 2.45) is 0 Å². The highest BCUT2D eigenvalue weighted by atomic mass is 35.5. The Hall–Kier alpha value is -2.05. The number of carbonyl (C=O) groups excluding carboxylic acids is 1. The maximum absolute atomic E-state index is 12.3. The van der Waals surface area contributed by atoms with Gasteiger partial charge >= 0.3 is 0 Å². The minimum Gasteiger partial charge on any atom is -0.326 e. The molecular weight excluding hydrogens is 372 g/mol. The second-order valence-corrected chi connectivity index (χ2v) is 8.70. The fourth-order valence-electron chi connectivity index (χ4n) is 2.51. The molecule has 26 heavy (non-hydrogen) atoms. The smallest absolute Gasteiger partial charge is 0.232 e. The number of benzene rings is 2. The van der Waals surface area contributed by atoms with Gasteiger partial charge in [-0.15, -0.1) is 0 Å². The summed E-state index contributed by atoms with van der Waals surface area (Å²) in [6, 6.07) is 10.7. The summed E-state index contributed by atoms with van der Waals surface area (Å²) >= 11 is 5.96. The molecule has 2 rings (SSSR count). The van der Waals surface area contributed by atoms with Crippen LogP contribution >= 0.6 is 11.6 Å². The van der Waals surface area contributed by atoms with Gasteiger partial charge in [0.2, 0.25) is 15.9 Å². The molecule has 5 nitrogen and oxygen atoms in total. The Morgan fingerprint density at radius 3 is 2.31 bits per heavy atom.